The van der Waals surface area contributed by atoms with Gasteiger partial charge in [0.15, 0.2) is 0 Å². The molecule has 0 aliphatic heterocycles. The van der Waals surface area contributed by atoms with Gasteiger partial charge in [0.2, 0.25) is 0 Å². The Hall–Kier alpha value is -1.02. The Morgan fingerprint density at radius 1 is 1.21 bits per heavy atom. The first-order valence-electron chi connectivity index (χ1n) is 7.63. The zero-order valence-corrected chi connectivity index (χ0v) is 12.1. The Balaban J connectivity index is 1.51. The van der Waals surface area contributed by atoms with Crippen molar-refractivity contribution in [3.63, 3.8) is 0 Å². The van der Waals surface area contributed by atoms with E-state index in [-0.39, 0.29) is 0 Å². The second kappa shape index (κ2) is 5.54. The van der Waals surface area contributed by atoms with E-state index in [1.807, 2.05) is 12.1 Å². The van der Waals surface area contributed by atoms with Crippen molar-refractivity contribution >= 4 is 0 Å². The summed E-state index contributed by atoms with van der Waals surface area (Å²) in [5.74, 6) is 3.93. The lowest BCUT2D eigenvalue weighted by Gasteiger charge is -2.24. The third-order valence-electron chi connectivity index (χ3n) is 5.19. The molecule has 1 N–H and O–H groups in total. The zero-order chi connectivity index (χ0) is 13.2. The van der Waals surface area contributed by atoms with Gasteiger partial charge < -0.3 is 10.1 Å². The maximum Gasteiger partial charge on any atom is 0.118 e. The molecule has 2 bridgehead atoms. The van der Waals surface area contributed by atoms with E-state index in [4.69, 9.17) is 4.74 Å². The summed E-state index contributed by atoms with van der Waals surface area (Å²) in [5.41, 5.74) is 1.35. The molecule has 0 spiro atoms. The smallest absolute Gasteiger partial charge is 0.118 e. The standard InChI is InChI=1S/C17H25NO/c1-12(14-5-7-17(19-2)8-6-14)18-11-16-10-13-3-4-15(16)9-13/h5-8,12-13,15-16,18H,3-4,9-11H2,1-2H3/t12-,13?,15?,16?/m1/s1. The minimum absolute atomic E-state index is 0.435. The quantitative estimate of drug-likeness (QED) is 0.869. The summed E-state index contributed by atoms with van der Waals surface area (Å²) in [6.07, 6.45) is 5.94. The average molecular weight is 259 g/mol. The van der Waals surface area contributed by atoms with Crippen LogP contribution in [0.1, 0.15) is 44.2 Å². The van der Waals surface area contributed by atoms with Crippen LogP contribution in [0, 0.1) is 17.8 Å². The van der Waals surface area contributed by atoms with Crippen molar-refractivity contribution in [3.8, 4) is 5.75 Å². The summed E-state index contributed by atoms with van der Waals surface area (Å²) in [4.78, 5) is 0. The third-order valence-corrected chi connectivity index (χ3v) is 5.19. The van der Waals surface area contributed by atoms with Crippen LogP contribution in [0.4, 0.5) is 0 Å². The number of rotatable bonds is 5. The molecule has 2 heteroatoms. The summed E-state index contributed by atoms with van der Waals surface area (Å²) < 4.78 is 5.20. The van der Waals surface area contributed by atoms with E-state index in [1.54, 1.807) is 7.11 Å². The topological polar surface area (TPSA) is 21.3 Å². The van der Waals surface area contributed by atoms with Crippen LogP contribution in [0.15, 0.2) is 24.3 Å². The molecule has 3 unspecified atom stereocenters. The molecule has 2 nitrogen and oxygen atoms in total. The monoisotopic (exact) mass is 259 g/mol. The highest BCUT2D eigenvalue weighted by Crippen LogP contribution is 2.48. The number of hydrogen-bond acceptors (Lipinski definition) is 2. The van der Waals surface area contributed by atoms with Crippen LogP contribution >= 0.6 is 0 Å². The van der Waals surface area contributed by atoms with E-state index in [0.29, 0.717) is 6.04 Å². The van der Waals surface area contributed by atoms with Gasteiger partial charge in [-0.3, -0.25) is 0 Å². The number of methoxy groups -OCH3 is 1. The predicted molar refractivity (Wildman–Crippen MR) is 78.3 cm³/mol. The highest BCUT2D eigenvalue weighted by atomic mass is 16.5. The molecule has 104 valence electrons. The van der Waals surface area contributed by atoms with Crippen LogP contribution in [-0.2, 0) is 0 Å². The Kier molecular flexibility index (Phi) is 3.79. The van der Waals surface area contributed by atoms with Crippen molar-refractivity contribution < 1.29 is 4.74 Å². The Bertz CT molecular complexity index is 414. The van der Waals surface area contributed by atoms with Gasteiger partial charge in [0.1, 0.15) is 5.75 Å². The number of benzene rings is 1. The van der Waals surface area contributed by atoms with Crippen molar-refractivity contribution in [1.29, 1.82) is 0 Å². The van der Waals surface area contributed by atoms with Crippen molar-refractivity contribution in [2.45, 2.75) is 38.6 Å². The van der Waals surface area contributed by atoms with E-state index < -0.39 is 0 Å². The molecule has 1 aromatic rings. The Labute approximate surface area is 116 Å². The fraction of sp³-hybridized carbons (Fsp3) is 0.647. The molecule has 0 amide bonds. The summed E-state index contributed by atoms with van der Waals surface area (Å²) in [6, 6.07) is 8.86. The van der Waals surface area contributed by atoms with Crippen LogP contribution < -0.4 is 10.1 Å². The van der Waals surface area contributed by atoms with Gasteiger partial charge in [-0.25, -0.2) is 0 Å². The average Bonchev–Trinajstić information content (AvgIpc) is 3.07. The second-order valence-corrected chi connectivity index (χ2v) is 6.34. The van der Waals surface area contributed by atoms with Gasteiger partial charge in [-0.2, -0.15) is 0 Å². The number of nitrogens with one attached hydrogen (secondary N) is 1. The fourth-order valence-electron chi connectivity index (χ4n) is 3.97. The van der Waals surface area contributed by atoms with E-state index >= 15 is 0 Å². The van der Waals surface area contributed by atoms with Crippen molar-refractivity contribution in [2.75, 3.05) is 13.7 Å². The first kappa shape index (κ1) is 13.0. The normalized spacial score (nSPS) is 30.5. The van der Waals surface area contributed by atoms with E-state index in [9.17, 15) is 0 Å². The van der Waals surface area contributed by atoms with E-state index in [2.05, 4.69) is 24.4 Å². The summed E-state index contributed by atoms with van der Waals surface area (Å²) in [5, 5.41) is 3.72. The van der Waals surface area contributed by atoms with E-state index in [1.165, 1.54) is 37.8 Å². The van der Waals surface area contributed by atoms with Gasteiger partial charge in [-0.05, 0) is 68.2 Å². The lowest BCUT2D eigenvalue weighted by molar-refractivity contribution is 0.309. The highest BCUT2D eigenvalue weighted by Gasteiger charge is 2.39. The van der Waals surface area contributed by atoms with E-state index in [0.717, 1.165) is 23.5 Å². The predicted octanol–water partition coefficient (Wildman–Crippen LogP) is 3.78. The van der Waals surface area contributed by atoms with Gasteiger partial charge in [0.05, 0.1) is 7.11 Å². The van der Waals surface area contributed by atoms with Crippen LogP contribution in [0.25, 0.3) is 0 Å². The third kappa shape index (κ3) is 2.79. The molecule has 2 fully saturated rings. The van der Waals surface area contributed by atoms with Crippen LogP contribution in [0.2, 0.25) is 0 Å². The molecule has 0 heterocycles. The molecule has 4 atom stereocenters. The summed E-state index contributed by atoms with van der Waals surface area (Å²) in [6.45, 7) is 3.45. The molecule has 0 aromatic heterocycles. The minimum atomic E-state index is 0.435. The largest absolute Gasteiger partial charge is 0.497 e. The van der Waals surface area contributed by atoms with Gasteiger partial charge in [0, 0.05) is 6.04 Å². The lowest BCUT2D eigenvalue weighted by atomic mass is 9.88. The van der Waals surface area contributed by atoms with Gasteiger partial charge in [0.25, 0.3) is 0 Å². The van der Waals surface area contributed by atoms with Crippen LogP contribution in [-0.4, -0.2) is 13.7 Å². The first-order chi connectivity index (χ1) is 9.26. The van der Waals surface area contributed by atoms with Gasteiger partial charge in [-0.1, -0.05) is 18.6 Å². The first-order valence-corrected chi connectivity index (χ1v) is 7.63. The molecule has 19 heavy (non-hydrogen) atoms. The molecule has 1 aromatic carbocycles. The molecule has 2 aliphatic rings. The van der Waals surface area contributed by atoms with Crippen molar-refractivity contribution in [1.82, 2.24) is 5.32 Å². The SMILES string of the molecule is COc1ccc([C@@H](C)NCC2CC3CCC2C3)cc1. The zero-order valence-electron chi connectivity index (χ0n) is 12.1. The molecular weight excluding hydrogens is 234 g/mol. The van der Waals surface area contributed by atoms with Crippen molar-refractivity contribution in [3.05, 3.63) is 29.8 Å². The molecule has 2 saturated carbocycles. The highest BCUT2D eigenvalue weighted by molar-refractivity contribution is 5.28. The molecule has 3 rings (SSSR count). The van der Waals surface area contributed by atoms with Gasteiger partial charge in [-0.15, -0.1) is 0 Å². The minimum Gasteiger partial charge on any atom is -0.497 e. The Morgan fingerprint density at radius 2 is 2.00 bits per heavy atom. The van der Waals surface area contributed by atoms with Gasteiger partial charge >= 0.3 is 0 Å². The second-order valence-electron chi connectivity index (χ2n) is 6.34. The van der Waals surface area contributed by atoms with Crippen LogP contribution in [0.3, 0.4) is 0 Å². The van der Waals surface area contributed by atoms with Crippen LogP contribution in [0.5, 0.6) is 5.75 Å². The molecule has 2 aliphatic carbocycles. The summed E-state index contributed by atoms with van der Waals surface area (Å²) in [7, 11) is 1.71. The number of ether oxygens (including phenoxy) is 1. The summed E-state index contributed by atoms with van der Waals surface area (Å²) >= 11 is 0. The molecular formula is C17H25NO. The van der Waals surface area contributed by atoms with Crippen molar-refractivity contribution in [2.24, 2.45) is 17.8 Å². The lowest BCUT2D eigenvalue weighted by Crippen LogP contribution is -2.28. The number of hydrogen-bond donors (Lipinski definition) is 1. The molecule has 0 radical (unpaired) electrons. The maximum absolute atomic E-state index is 5.20. The number of fused-ring (bicyclic) bond motifs is 2. The fourth-order valence-corrected chi connectivity index (χ4v) is 3.97. The Morgan fingerprint density at radius 3 is 2.58 bits per heavy atom. The maximum atomic E-state index is 5.20. The molecule has 0 saturated heterocycles.